The molecule has 7 heteroatoms. The molecule has 1 aromatic rings. The molecule has 0 unspecified atom stereocenters. The molecule has 1 amide bonds. The van der Waals surface area contributed by atoms with Gasteiger partial charge in [0, 0.05) is 38.3 Å². The molecule has 1 fully saturated rings. The third kappa shape index (κ3) is 4.21. The van der Waals surface area contributed by atoms with Gasteiger partial charge < -0.3 is 14.8 Å². The van der Waals surface area contributed by atoms with E-state index in [9.17, 15) is 9.59 Å². The predicted molar refractivity (Wildman–Crippen MR) is 112 cm³/mol. The van der Waals surface area contributed by atoms with Gasteiger partial charge in [0.05, 0.1) is 23.6 Å². The van der Waals surface area contributed by atoms with E-state index in [2.05, 4.69) is 5.32 Å². The van der Waals surface area contributed by atoms with Gasteiger partial charge >= 0.3 is 5.97 Å². The molecule has 1 N–H and O–H groups in total. The Kier molecular flexibility index (Phi) is 6.09. The summed E-state index contributed by atoms with van der Waals surface area (Å²) in [7, 11) is 0. The largest absolute Gasteiger partial charge is 0.462 e. The fourth-order valence-corrected chi connectivity index (χ4v) is 4.64. The van der Waals surface area contributed by atoms with E-state index in [1.165, 1.54) is 0 Å². The van der Waals surface area contributed by atoms with Crippen LogP contribution in [0.2, 0.25) is 0 Å². The van der Waals surface area contributed by atoms with Crippen LogP contribution in [0, 0.1) is 5.41 Å². The van der Waals surface area contributed by atoms with Gasteiger partial charge in [-0.15, -0.1) is 0 Å². The lowest BCUT2D eigenvalue weighted by Crippen LogP contribution is -2.40. The fraction of sp³-hybridized carbons (Fsp3) is 0.609. The zero-order valence-corrected chi connectivity index (χ0v) is 18.0. The number of allylic oxidation sites excluding steroid dienone is 3. The number of aromatic nitrogens is 2. The Balaban J connectivity index is 1.44. The van der Waals surface area contributed by atoms with Crippen molar-refractivity contribution in [3.63, 3.8) is 0 Å². The molecule has 162 valence electrons. The molecule has 3 heterocycles. The van der Waals surface area contributed by atoms with Crippen LogP contribution in [0.5, 0.6) is 0 Å². The first kappa shape index (κ1) is 20.8. The number of carbonyl (C=O) groups is 2. The summed E-state index contributed by atoms with van der Waals surface area (Å²) in [5, 5.41) is 7.89. The second kappa shape index (κ2) is 8.76. The topological polar surface area (TPSA) is 82.5 Å². The van der Waals surface area contributed by atoms with Crippen molar-refractivity contribution in [2.75, 3.05) is 26.4 Å². The van der Waals surface area contributed by atoms with Crippen LogP contribution < -0.4 is 5.32 Å². The van der Waals surface area contributed by atoms with E-state index in [1.54, 1.807) is 0 Å². The molecule has 4 rings (SSSR count). The van der Waals surface area contributed by atoms with Crippen molar-refractivity contribution < 1.29 is 19.1 Å². The summed E-state index contributed by atoms with van der Waals surface area (Å²) in [5.74, 6) is -0.254. The molecule has 0 radical (unpaired) electrons. The third-order valence-electron chi connectivity index (χ3n) is 6.47. The highest BCUT2D eigenvalue weighted by atomic mass is 16.5. The van der Waals surface area contributed by atoms with E-state index in [-0.39, 0.29) is 17.3 Å². The highest BCUT2D eigenvalue weighted by Gasteiger charge is 2.39. The van der Waals surface area contributed by atoms with Crippen molar-refractivity contribution in [1.29, 1.82) is 0 Å². The highest BCUT2D eigenvalue weighted by molar-refractivity contribution is 5.97. The van der Waals surface area contributed by atoms with Crippen LogP contribution in [0.3, 0.4) is 0 Å². The number of fused-ring (bicyclic) bond motifs is 1. The second-order valence-corrected chi connectivity index (χ2v) is 8.63. The minimum atomic E-state index is -0.239. The lowest BCUT2D eigenvalue weighted by atomic mass is 9.76. The Morgan fingerprint density at radius 3 is 2.87 bits per heavy atom. The highest BCUT2D eigenvalue weighted by Crippen LogP contribution is 2.37. The first-order valence-corrected chi connectivity index (χ1v) is 11.0. The average molecular weight is 414 g/mol. The summed E-state index contributed by atoms with van der Waals surface area (Å²) < 4.78 is 13.0. The van der Waals surface area contributed by atoms with Crippen LogP contribution in [0.25, 0.3) is 0 Å². The molecule has 0 atom stereocenters. The maximum absolute atomic E-state index is 12.8. The number of nitrogens with one attached hydrogen (secondary N) is 1. The second-order valence-electron chi connectivity index (χ2n) is 8.63. The molecule has 1 spiro atoms. The quantitative estimate of drug-likeness (QED) is 0.573. The van der Waals surface area contributed by atoms with Crippen molar-refractivity contribution in [3.8, 4) is 0 Å². The standard InChI is InChI=1S/C23H31N3O4/c1-3-18-20-19(14-23(15-24-21(20)27)7-11-29-12-8-23)26(25-18)9-4-10-30-22(28)17-6-5-16(2)13-17/h5,13H,3-4,6-12,14-15H2,1-2H3,(H,24,27). The number of esters is 1. The molecule has 30 heavy (non-hydrogen) atoms. The van der Waals surface area contributed by atoms with E-state index in [1.807, 2.05) is 30.7 Å². The zero-order valence-electron chi connectivity index (χ0n) is 18.0. The number of amides is 1. The molecule has 3 aliphatic rings. The first-order chi connectivity index (χ1) is 14.5. The molecular formula is C23H31N3O4. The van der Waals surface area contributed by atoms with Gasteiger partial charge in [-0.05, 0) is 50.5 Å². The minimum Gasteiger partial charge on any atom is -0.462 e. The van der Waals surface area contributed by atoms with E-state index >= 15 is 0 Å². The molecule has 1 aromatic heterocycles. The van der Waals surface area contributed by atoms with Crippen LogP contribution in [-0.2, 0) is 33.7 Å². The molecular weight excluding hydrogens is 382 g/mol. The number of rotatable bonds is 6. The van der Waals surface area contributed by atoms with Gasteiger partial charge in [0.1, 0.15) is 0 Å². The Labute approximate surface area is 177 Å². The Morgan fingerprint density at radius 1 is 1.37 bits per heavy atom. The zero-order chi connectivity index (χ0) is 21.1. The molecule has 2 aliphatic heterocycles. The van der Waals surface area contributed by atoms with Gasteiger partial charge in [-0.2, -0.15) is 5.10 Å². The molecule has 7 nitrogen and oxygen atoms in total. The predicted octanol–water partition coefficient (Wildman–Crippen LogP) is 2.74. The number of nitrogens with zero attached hydrogens (tertiary/aromatic N) is 2. The van der Waals surface area contributed by atoms with E-state index in [0.29, 0.717) is 44.5 Å². The third-order valence-corrected chi connectivity index (χ3v) is 6.47. The van der Waals surface area contributed by atoms with E-state index < -0.39 is 0 Å². The van der Waals surface area contributed by atoms with Crippen molar-refractivity contribution >= 4 is 11.9 Å². The Bertz CT molecular complexity index is 891. The van der Waals surface area contributed by atoms with Crippen molar-refractivity contribution in [1.82, 2.24) is 15.1 Å². The molecule has 0 aromatic carbocycles. The molecule has 1 aliphatic carbocycles. The SMILES string of the molecule is CCc1nn(CCCOC(=O)C2=CC(C)=CC2)c2c1C(=O)NCC1(CCOCC1)C2. The summed E-state index contributed by atoms with van der Waals surface area (Å²) in [5.41, 5.74) is 4.47. The smallest absolute Gasteiger partial charge is 0.334 e. The van der Waals surface area contributed by atoms with Crippen molar-refractivity contribution in [2.24, 2.45) is 5.41 Å². The van der Waals surface area contributed by atoms with Gasteiger partial charge in [-0.25, -0.2) is 4.79 Å². The maximum Gasteiger partial charge on any atom is 0.334 e. The summed E-state index contributed by atoms with van der Waals surface area (Å²) in [4.78, 5) is 25.0. The van der Waals surface area contributed by atoms with Crippen LogP contribution in [0.4, 0.5) is 0 Å². The number of ether oxygens (including phenoxy) is 2. The van der Waals surface area contributed by atoms with Crippen LogP contribution in [0.1, 0.15) is 61.3 Å². The van der Waals surface area contributed by atoms with Gasteiger partial charge in [-0.3, -0.25) is 9.48 Å². The normalized spacial score (nSPS) is 20.3. The lowest BCUT2D eigenvalue weighted by molar-refractivity contribution is -0.139. The van der Waals surface area contributed by atoms with E-state index in [0.717, 1.165) is 55.0 Å². The van der Waals surface area contributed by atoms with Crippen LogP contribution in [0.15, 0.2) is 23.3 Å². The summed E-state index contributed by atoms with van der Waals surface area (Å²) in [6.45, 7) is 7.15. The van der Waals surface area contributed by atoms with Gasteiger partial charge in [-0.1, -0.05) is 18.6 Å². The number of carbonyl (C=O) groups excluding carboxylic acids is 2. The summed E-state index contributed by atoms with van der Waals surface area (Å²) >= 11 is 0. The molecule has 0 bridgehead atoms. The average Bonchev–Trinajstić information content (AvgIpc) is 3.30. The Morgan fingerprint density at radius 2 is 2.17 bits per heavy atom. The van der Waals surface area contributed by atoms with Gasteiger partial charge in [0.2, 0.25) is 0 Å². The van der Waals surface area contributed by atoms with E-state index in [4.69, 9.17) is 14.6 Å². The molecule has 1 saturated heterocycles. The summed E-state index contributed by atoms with van der Waals surface area (Å²) in [6, 6.07) is 0. The van der Waals surface area contributed by atoms with Gasteiger partial charge in [0.15, 0.2) is 0 Å². The van der Waals surface area contributed by atoms with Crippen LogP contribution >= 0.6 is 0 Å². The summed E-state index contributed by atoms with van der Waals surface area (Å²) in [6.07, 6.45) is 8.66. The fourth-order valence-electron chi connectivity index (χ4n) is 4.64. The number of aryl methyl sites for hydroxylation is 2. The Hall–Kier alpha value is -2.41. The van der Waals surface area contributed by atoms with Crippen LogP contribution in [-0.4, -0.2) is 48.0 Å². The van der Waals surface area contributed by atoms with Crippen molar-refractivity contribution in [2.45, 2.75) is 58.9 Å². The number of hydrogen-bond acceptors (Lipinski definition) is 5. The first-order valence-electron chi connectivity index (χ1n) is 11.0. The maximum atomic E-state index is 12.8. The number of hydrogen-bond donors (Lipinski definition) is 1. The van der Waals surface area contributed by atoms with Gasteiger partial charge in [0.25, 0.3) is 5.91 Å². The van der Waals surface area contributed by atoms with Crippen molar-refractivity contribution in [3.05, 3.63) is 40.2 Å². The monoisotopic (exact) mass is 413 g/mol. The lowest BCUT2D eigenvalue weighted by Gasteiger charge is -2.36. The molecule has 0 saturated carbocycles. The minimum absolute atomic E-state index is 0.0149.